The molecule has 1 atom stereocenters. The highest BCUT2D eigenvalue weighted by atomic mass is 16.4. The Morgan fingerprint density at radius 2 is 1.82 bits per heavy atom. The van der Waals surface area contributed by atoms with E-state index in [9.17, 15) is 9.59 Å². The molecule has 0 fully saturated rings. The zero-order chi connectivity index (χ0) is 19.9. The summed E-state index contributed by atoms with van der Waals surface area (Å²) < 4.78 is 0. The number of rotatable bonds is 8. The average molecular weight is 378 g/mol. The minimum absolute atomic E-state index is 0.191. The second-order valence-corrected chi connectivity index (χ2v) is 6.46. The van der Waals surface area contributed by atoms with Crippen LogP contribution < -0.4 is 11.1 Å². The van der Waals surface area contributed by atoms with E-state index in [1.807, 2.05) is 30.3 Å². The number of imidazole rings is 1. The Labute approximate surface area is 162 Å². The number of benzene rings is 2. The fourth-order valence-corrected chi connectivity index (χ4v) is 2.78. The summed E-state index contributed by atoms with van der Waals surface area (Å²) in [7, 11) is 0. The van der Waals surface area contributed by atoms with E-state index in [-0.39, 0.29) is 12.3 Å². The second-order valence-electron chi connectivity index (χ2n) is 6.46. The maximum absolute atomic E-state index is 12.2. The third kappa shape index (κ3) is 5.05. The van der Waals surface area contributed by atoms with Gasteiger partial charge >= 0.3 is 5.97 Å². The number of hydrogen-bond donors (Lipinski definition) is 4. The third-order valence-corrected chi connectivity index (χ3v) is 4.35. The standard InChI is InChI=1S/C21H22N4O3/c22-17(21(27)28)12-14-6-8-16(9-7-14)20(26)23-11-10-19-24-13-18(25-19)15-4-2-1-3-5-15/h1-9,13,17H,10-12,22H2,(H,23,26)(H,24,25)(H,27,28). The Hall–Kier alpha value is -3.45. The van der Waals surface area contributed by atoms with E-state index in [0.717, 1.165) is 22.6 Å². The fourth-order valence-electron chi connectivity index (χ4n) is 2.78. The van der Waals surface area contributed by atoms with Gasteiger partial charge in [-0.1, -0.05) is 42.5 Å². The third-order valence-electron chi connectivity index (χ3n) is 4.35. The first-order chi connectivity index (χ1) is 13.5. The molecule has 0 aliphatic carbocycles. The van der Waals surface area contributed by atoms with Crippen LogP contribution in [0.4, 0.5) is 0 Å². The van der Waals surface area contributed by atoms with Gasteiger partial charge in [0, 0.05) is 18.5 Å². The lowest BCUT2D eigenvalue weighted by molar-refractivity contribution is -0.138. The molecule has 0 saturated carbocycles. The minimum atomic E-state index is -1.05. The molecule has 144 valence electrons. The van der Waals surface area contributed by atoms with Crippen molar-refractivity contribution in [3.63, 3.8) is 0 Å². The number of carboxylic acids is 1. The van der Waals surface area contributed by atoms with Crippen LogP contribution in [0, 0.1) is 0 Å². The molecule has 2 aromatic carbocycles. The lowest BCUT2D eigenvalue weighted by Crippen LogP contribution is -2.32. The molecule has 0 aliphatic rings. The van der Waals surface area contributed by atoms with Crippen molar-refractivity contribution in [2.75, 3.05) is 6.54 Å². The van der Waals surface area contributed by atoms with Gasteiger partial charge in [-0.2, -0.15) is 0 Å². The molecule has 7 heteroatoms. The van der Waals surface area contributed by atoms with E-state index < -0.39 is 12.0 Å². The summed E-state index contributed by atoms with van der Waals surface area (Å²) in [5, 5.41) is 11.7. The average Bonchev–Trinajstić information content (AvgIpc) is 3.18. The van der Waals surface area contributed by atoms with Crippen LogP contribution in [-0.2, 0) is 17.6 Å². The van der Waals surface area contributed by atoms with Gasteiger partial charge in [0.05, 0.1) is 11.9 Å². The molecule has 5 N–H and O–H groups in total. The molecule has 1 amide bonds. The summed E-state index contributed by atoms with van der Waals surface area (Å²) in [6.45, 7) is 0.451. The van der Waals surface area contributed by atoms with Crippen molar-refractivity contribution in [3.8, 4) is 11.3 Å². The lowest BCUT2D eigenvalue weighted by Gasteiger charge is -2.08. The Morgan fingerprint density at radius 1 is 1.11 bits per heavy atom. The first-order valence-corrected chi connectivity index (χ1v) is 8.98. The maximum atomic E-state index is 12.2. The number of hydrogen-bond acceptors (Lipinski definition) is 4. The van der Waals surface area contributed by atoms with Gasteiger partial charge in [-0.15, -0.1) is 0 Å². The van der Waals surface area contributed by atoms with E-state index in [1.165, 1.54) is 0 Å². The van der Waals surface area contributed by atoms with Gasteiger partial charge in [-0.05, 0) is 29.7 Å². The summed E-state index contributed by atoms with van der Waals surface area (Å²) in [6, 6.07) is 15.7. The summed E-state index contributed by atoms with van der Waals surface area (Å²) in [4.78, 5) is 30.6. The van der Waals surface area contributed by atoms with Crippen molar-refractivity contribution < 1.29 is 14.7 Å². The smallest absolute Gasteiger partial charge is 0.320 e. The van der Waals surface area contributed by atoms with Crippen LogP contribution >= 0.6 is 0 Å². The first kappa shape index (κ1) is 19.3. The highest BCUT2D eigenvalue weighted by molar-refractivity contribution is 5.94. The van der Waals surface area contributed by atoms with Gasteiger partial charge in [0.15, 0.2) is 0 Å². The van der Waals surface area contributed by atoms with Gasteiger partial charge in [0.1, 0.15) is 11.9 Å². The molecule has 3 rings (SSSR count). The molecule has 0 radical (unpaired) electrons. The Bertz CT molecular complexity index is 936. The molecule has 1 heterocycles. The van der Waals surface area contributed by atoms with E-state index in [0.29, 0.717) is 18.5 Å². The molecular weight excluding hydrogens is 356 g/mol. The molecule has 3 aromatic rings. The van der Waals surface area contributed by atoms with Crippen LogP contribution in [-0.4, -0.2) is 39.5 Å². The number of aliphatic carboxylic acids is 1. The van der Waals surface area contributed by atoms with Gasteiger partial charge < -0.3 is 21.1 Å². The molecule has 0 aliphatic heterocycles. The molecule has 7 nitrogen and oxygen atoms in total. The normalized spacial score (nSPS) is 11.8. The fraction of sp³-hybridized carbons (Fsp3) is 0.190. The van der Waals surface area contributed by atoms with E-state index >= 15 is 0 Å². The van der Waals surface area contributed by atoms with Crippen molar-refractivity contribution in [3.05, 3.63) is 77.7 Å². The molecule has 0 saturated heterocycles. The van der Waals surface area contributed by atoms with Gasteiger partial charge in [-0.3, -0.25) is 9.59 Å². The highest BCUT2D eigenvalue weighted by Crippen LogP contribution is 2.16. The molecule has 0 bridgehead atoms. The van der Waals surface area contributed by atoms with Crippen molar-refractivity contribution >= 4 is 11.9 Å². The predicted octanol–water partition coefficient (Wildman–Crippen LogP) is 2.00. The van der Waals surface area contributed by atoms with Crippen LogP contribution in [0.3, 0.4) is 0 Å². The summed E-state index contributed by atoms with van der Waals surface area (Å²) in [6.07, 6.45) is 2.59. The van der Waals surface area contributed by atoms with Crippen LogP contribution in [0.5, 0.6) is 0 Å². The minimum Gasteiger partial charge on any atom is -0.480 e. The van der Waals surface area contributed by atoms with Crippen LogP contribution in [0.15, 0.2) is 60.8 Å². The number of carbonyl (C=O) groups excluding carboxylic acids is 1. The number of carbonyl (C=O) groups is 2. The van der Waals surface area contributed by atoms with Crippen LogP contribution in [0.1, 0.15) is 21.7 Å². The monoisotopic (exact) mass is 378 g/mol. The van der Waals surface area contributed by atoms with E-state index in [2.05, 4.69) is 15.3 Å². The Kier molecular flexibility index (Phi) is 6.18. The number of nitrogens with zero attached hydrogens (tertiary/aromatic N) is 1. The van der Waals surface area contributed by atoms with Crippen molar-refractivity contribution in [1.82, 2.24) is 15.3 Å². The highest BCUT2D eigenvalue weighted by Gasteiger charge is 2.12. The van der Waals surface area contributed by atoms with E-state index in [4.69, 9.17) is 10.8 Å². The number of carboxylic acid groups (broad SMARTS) is 1. The molecule has 1 aromatic heterocycles. The SMILES string of the molecule is NC(Cc1ccc(C(=O)NCCc2ncc(-c3ccccc3)[nH]2)cc1)C(=O)O. The zero-order valence-electron chi connectivity index (χ0n) is 15.3. The quantitative estimate of drug-likeness (QED) is 0.478. The predicted molar refractivity (Wildman–Crippen MR) is 106 cm³/mol. The number of amides is 1. The van der Waals surface area contributed by atoms with Crippen molar-refractivity contribution in [2.45, 2.75) is 18.9 Å². The molecular formula is C21H22N4O3. The number of aromatic nitrogens is 2. The van der Waals surface area contributed by atoms with Crippen LogP contribution in [0.25, 0.3) is 11.3 Å². The van der Waals surface area contributed by atoms with Gasteiger partial charge in [0.25, 0.3) is 5.91 Å². The largest absolute Gasteiger partial charge is 0.480 e. The number of aromatic amines is 1. The Balaban J connectivity index is 1.49. The Morgan fingerprint density at radius 3 is 2.50 bits per heavy atom. The number of nitrogens with one attached hydrogen (secondary N) is 2. The second kappa shape index (κ2) is 8.96. The van der Waals surface area contributed by atoms with Gasteiger partial charge in [0.2, 0.25) is 0 Å². The lowest BCUT2D eigenvalue weighted by atomic mass is 10.0. The van der Waals surface area contributed by atoms with Crippen molar-refractivity contribution in [1.29, 1.82) is 0 Å². The first-order valence-electron chi connectivity index (χ1n) is 8.98. The topological polar surface area (TPSA) is 121 Å². The summed E-state index contributed by atoms with van der Waals surface area (Å²) in [5.74, 6) is -0.434. The van der Waals surface area contributed by atoms with Gasteiger partial charge in [-0.25, -0.2) is 4.98 Å². The van der Waals surface area contributed by atoms with E-state index in [1.54, 1.807) is 30.5 Å². The molecule has 28 heavy (non-hydrogen) atoms. The zero-order valence-corrected chi connectivity index (χ0v) is 15.3. The molecule has 0 spiro atoms. The van der Waals surface area contributed by atoms with Crippen molar-refractivity contribution in [2.24, 2.45) is 5.73 Å². The molecule has 1 unspecified atom stereocenters. The summed E-state index contributed by atoms with van der Waals surface area (Å²) in [5.41, 5.74) is 8.81. The number of nitrogens with two attached hydrogens (primary N) is 1. The maximum Gasteiger partial charge on any atom is 0.320 e. The van der Waals surface area contributed by atoms with Crippen LogP contribution in [0.2, 0.25) is 0 Å². The summed E-state index contributed by atoms with van der Waals surface area (Å²) >= 11 is 0. The number of H-pyrrole nitrogens is 1.